The van der Waals surface area contributed by atoms with E-state index in [1.165, 1.54) is 26.4 Å². The molecule has 0 spiro atoms. The first-order chi connectivity index (χ1) is 16.4. The van der Waals surface area contributed by atoms with Gasteiger partial charge in [0.2, 0.25) is 0 Å². The van der Waals surface area contributed by atoms with Crippen LogP contribution in [0.15, 0.2) is 24.3 Å². The maximum Gasteiger partial charge on any atom is 0.340 e. The van der Waals surface area contributed by atoms with Gasteiger partial charge >= 0.3 is 11.9 Å². The third kappa shape index (κ3) is 3.28. The Morgan fingerprint density at radius 3 is 1.38 bits per heavy atom. The summed E-state index contributed by atoms with van der Waals surface area (Å²) in [7, 11) is 2.99. The van der Waals surface area contributed by atoms with Crippen molar-refractivity contribution in [2.75, 3.05) is 14.2 Å². The second-order valence-corrected chi connectivity index (χ2v) is 7.43. The number of methoxy groups -OCH3 is 2. The lowest BCUT2D eigenvalue weighted by Gasteiger charge is -2.02. The van der Waals surface area contributed by atoms with Crippen LogP contribution in [0, 0.1) is 0 Å². The van der Waals surface area contributed by atoms with Crippen molar-refractivity contribution in [2.24, 2.45) is 0 Å². The molecule has 10 heteroatoms. The highest BCUT2D eigenvalue weighted by atomic mass is 16.5. The van der Waals surface area contributed by atoms with Gasteiger partial charge < -0.3 is 29.7 Å². The van der Waals surface area contributed by atoms with Gasteiger partial charge in [-0.25, -0.2) is 19.6 Å². The van der Waals surface area contributed by atoms with Gasteiger partial charge in [0.15, 0.2) is 11.5 Å². The summed E-state index contributed by atoms with van der Waals surface area (Å²) in [6.45, 7) is 0. The van der Waals surface area contributed by atoms with Crippen LogP contribution in [0.3, 0.4) is 0 Å². The molecule has 0 saturated carbocycles. The van der Waals surface area contributed by atoms with E-state index in [4.69, 9.17) is 9.47 Å². The number of nitrogens with one attached hydrogen (secondary N) is 2. The fourth-order valence-electron chi connectivity index (χ4n) is 4.03. The summed E-state index contributed by atoms with van der Waals surface area (Å²) >= 11 is 0. The molecule has 170 valence electrons. The van der Waals surface area contributed by atoms with Crippen molar-refractivity contribution in [3.8, 4) is 11.5 Å². The first kappa shape index (κ1) is 21.0. The van der Waals surface area contributed by atoms with Crippen molar-refractivity contribution in [1.29, 1.82) is 0 Å². The summed E-state index contributed by atoms with van der Waals surface area (Å²) < 4.78 is 11.2. The molecule has 5 heterocycles. The van der Waals surface area contributed by atoms with Gasteiger partial charge in [-0.2, -0.15) is 0 Å². The number of aromatic nitrogens is 4. The highest BCUT2D eigenvalue weighted by Gasteiger charge is 2.20. The van der Waals surface area contributed by atoms with Crippen LogP contribution >= 0.6 is 0 Å². The van der Waals surface area contributed by atoms with Gasteiger partial charge in [-0.15, -0.1) is 0 Å². The van der Waals surface area contributed by atoms with Gasteiger partial charge in [-0.1, -0.05) is 0 Å². The number of nitrogens with zero attached hydrogens (tertiary/aromatic N) is 2. The average Bonchev–Trinajstić information content (AvgIpc) is 3.58. The van der Waals surface area contributed by atoms with Gasteiger partial charge in [0, 0.05) is 0 Å². The van der Waals surface area contributed by atoms with Crippen LogP contribution in [-0.2, 0) is 0 Å². The van der Waals surface area contributed by atoms with Gasteiger partial charge in [0.1, 0.15) is 22.5 Å². The van der Waals surface area contributed by atoms with Crippen LogP contribution in [0.4, 0.5) is 0 Å². The van der Waals surface area contributed by atoms with Crippen molar-refractivity contribution in [3.05, 3.63) is 58.2 Å². The van der Waals surface area contributed by atoms with E-state index in [0.29, 0.717) is 33.9 Å². The standard InChI is InChI=1S/C24H18N4O6/c1-33-21-15-7-5-13(26-15)19(23(29)30)11-3-4-12(25-11)20(24(31)32)14-6-8-16(27-14)22(34-2)18-10-9-17(21)28-18/h3-10,26-27H,1-2H3,(H,29,30)(H,31,32). The number of fused-ring (bicyclic) bond motifs is 8. The van der Waals surface area contributed by atoms with Gasteiger partial charge in [-0.3, -0.25) is 0 Å². The molecule has 2 aliphatic heterocycles. The molecule has 4 N–H and O–H groups in total. The first-order valence-electron chi connectivity index (χ1n) is 10.1. The smallest absolute Gasteiger partial charge is 0.340 e. The summed E-state index contributed by atoms with van der Waals surface area (Å²) in [6, 6.07) is 6.55. The van der Waals surface area contributed by atoms with E-state index in [2.05, 4.69) is 19.9 Å². The Morgan fingerprint density at radius 2 is 1.00 bits per heavy atom. The predicted molar refractivity (Wildman–Crippen MR) is 126 cm³/mol. The Labute approximate surface area is 191 Å². The SMILES string of the molecule is COc1c2nc(c(OC)c3ccc([nH]3)c(C(=O)O)c3nc(c(C(=O)O)c4ccc1[nH]4)C=C3)C=C2. The Bertz CT molecular complexity index is 1480. The second-order valence-electron chi connectivity index (χ2n) is 7.43. The lowest BCUT2D eigenvalue weighted by Crippen LogP contribution is -2.02. The van der Waals surface area contributed by atoms with Gasteiger partial charge in [0.25, 0.3) is 0 Å². The number of hydrogen-bond acceptors (Lipinski definition) is 6. The van der Waals surface area contributed by atoms with E-state index < -0.39 is 11.9 Å². The summed E-state index contributed by atoms with van der Waals surface area (Å²) in [4.78, 5) is 39.4. The molecule has 34 heavy (non-hydrogen) atoms. The number of aromatic amines is 2. The molecule has 3 aromatic heterocycles. The third-order valence-electron chi connectivity index (χ3n) is 5.49. The Kier molecular flexibility index (Phi) is 4.90. The maximum absolute atomic E-state index is 12.1. The number of ether oxygens (including phenoxy) is 2. The molecule has 0 aromatic carbocycles. The predicted octanol–water partition coefficient (Wildman–Crippen LogP) is 4.07. The summed E-state index contributed by atoms with van der Waals surface area (Å²) in [5.74, 6) is -1.61. The van der Waals surface area contributed by atoms with Gasteiger partial charge in [0.05, 0.1) is 47.7 Å². The van der Waals surface area contributed by atoms with Crippen molar-refractivity contribution >= 4 is 58.3 Å². The number of carboxylic acids is 2. The number of H-pyrrole nitrogens is 2. The van der Waals surface area contributed by atoms with Crippen molar-refractivity contribution in [3.63, 3.8) is 0 Å². The first-order valence-corrected chi connectivity index (χ1v) is 10.1. The summed E-state index contributed by atoms with van der Waals surface area (Å²) in [5.41, 5.74) is 2.61. The molecule has 0 fully saturated rings. The largest absolute Gasteiger partial charge is 0.492 e. The van der Waals surface area contributed by atoms with Crippen LogP contribution in [0.2, 0.25) is 0 Å². The summed E-state index contributed by atoms with van der Waals surface area (Å²) in [6.07, 6.45) is 6.44. The minimum absolute atomic E-state index is 0.108. The van der Waals surface area contributed by atoms with Crippen LogP contribution in [0.5, 0.6) is 11.5 Å². The minimum Gasteiger partial charge on any atom is -0.492 e. The zero-order valence-corrected chi connectivity index (χ0v) is 18.0. The van der Waals surface area contributed by atoms with Crippen LogP contribution < -0.4 is 9.47 Å². The van der Waals surface area contributed by atoms with E-state index in [9.17, 15) is 19.8 Å². The molecule has 0 amide bonds. The zero-order valence-electron chi connectivity index (χ0n) is 18.0. The highest BCUT2D eigenvalue weighted by Crippen LogP contribution is 2.32. The second kappa shape index (κ2) is 7.93. The molecular formula is C24H18N4O6. The molecule has 8 bridgehead atoms. The number of carboxylic acid groups (broad SMARTS) is 2. The number of hydrogen-bond donors (Lipinski definition) is 4. The van der Waals surface area contributed by atoms with Crippen molar-refractivity contribution < 1.29 is 29.3 Å². The molecule has 0 atom stereocenters. The zero-order chi connectivity index (χ0) is 24.0. The Morgan fingerprint density at radius 1 is 0.647 bits per heavy atom. The fourth-order valence-corrected chi connectivity index (χ4v) is 4.03. The number of rotatable bonds is 4. The van der Waals surface area contributed by atoms with Gasteiger partial charge in [-0.05, 0) is 48.6 Å². The molecule has 0 unspecified atom stereocenters. The Balaban J connectivity index is 2.02. The van der Waals surface area contributed by atoms with Crippen molar-refractivity contribution in [2.45, 2.75) is 0 Å². The third-order valence-corrected chi connectivity index (χ3v) is 5.49. The Hall–Kier alpha value is -4.86. The van der Waals surface area contributed by atoms with Crippen molar-refractivity contribution in [1.82, 2.24) is 19.9 Å². The highest BCUT2D eigenvalue weighted by molar-refractivity contribution is 6.04. The van der Waals surface area contributed by atoms with Crippen LogP contribution in [0.1, 0.15) is 43.5 Å². The number of carbonyl (C=O) groups is 2. The average molecular weight is 458 g/mol. The molecule has 2 aliphatic rings. The molecule has 5 rings (SSSR count). The topological polar surface area (TPSA) is 150 Å². The minimum atomic E-state index is -1.22. The summed E-state index contributed by atoms with van der Waals surface area (Å²) in [5, 5.41) is 19.8. The lowest BCUT2D eigenvalue weighted by molar-refractivity contribution is 0.0688. The fraction of sp³-hybridized carbons (Fsp3) is 0.0833. The quantitative estimate of drug-likeness (QED) is 0.315. The molecule has 10 nitrogen and oxygen atoms in total. The van der Waals surface area contributed by atoms with E-state index in [0.717, 1.165) is 0 Å². The maximum atomic E-state index is 12.1. The molecular weight excluding hydrogens is 440 g/mol. The molecule has 3 aromatic rings. The molecule has 0 radical (unpaired) electrons. The lowest BCUT2D eigenvalue weighted by atomic mass is 10.2. The molecule has 0 aliphatic carbocycles. The number of aromatic carboxylic acids is 2. The van der Waals surface area contributed by atoms with E-state index >= 15 is 0 Å². The molecule has 0 saturated heterocycles. The van der Waals surface area contributed by atoms with E-state index in [-0.39, 0.29) is 33.5 Å². The van der Waals surface area contributed by atoms with E-state index in [1.807, 2.05) is 0 Å². The van der Waals surface area contributed by atoms with E-state index in [1.54, 1.807) is 36.4 Å². The normalized spacial score (nSPS) is 12.1. The van der Waals surface area contributed by atoms with Crippen LogP contribution in [0.25, 0.3) is 46.4 Å². The van der Waals surface area contributed by atoms with Crippen LogP contribution in [-0.4, -0.2) is 56.3 Å². The monoisotopic (exact) mass is 458 g/mol.